The molecule has 1 aromatic carbocycles. The molecule has 0 aliphatic rings. The van der Waals surface area contributed by atoms with Gasteiger partial charge in [0.15, 0.2) is 0 Å². The van der Waals surface area contributed by atoms with Gasteiger partial charge in [-0.05, 0) is 43.5 Å². The van der Waals surface area contributed by atoms with E-state index in [9.17, 15) is 5.11 Å². The van der Waals surface area contributed by atoms with E-state index in [1.54, 1.807) is 6.92 Å². The molecule has 72 valence electrons. The molecular weight excluding hydrogens is 162 g/mol. The predicted octanol–water partition coefficient (Wildman–Crippen LogP) is 1.81. The first-order chi connectivity index (χ1) is 6.00. The molecule has 0 bridgehead atoms. The summed E-state index contributed by atoms with van der Waals surface area (Å²) in [5, 5.41) is 9.27. The molecule has 0 amide bonds. The molecule has 1 rings (SSSR count). The molecule has 1 atom stereocenters. The highest BCUT2D eigenvalue weighted by Crippen LogP contribution is 2.20. The number of rotatable bonds is 2. The Bertz CT molecular complexity index is 282. The molecule has 0 spiro atoms. The number of aliphatic hydroxyl groups excluding tert-OH is 1. The van der Waals surface area contributed by atoms with Gasteiger partial charge in [0.2, 0.25) is 0 Å². The molecule has 0 saturated carbocycles. The Morgan fingerprint density at radius 3 is 2.46 bits per heavy atom. The minimum absolute atomic E-state index is 0.330. The van der Waals surface area contributed by atoms with Gasteiger partial charge in [0.05, 0.1) is 6.10 Å². The van der Waals surface area contributed by atoms with Gasteiger partial charge in [-0.25, -0.2) is 0 Å². The van der Waals surface area contributed by atoms with Crippen LogP contribution in [0, 0.1) is 13.8 Å². The van der Waals surface area contributed by atoms with Crippen molar-refractivity contribution in [1.29, 1.82) is 0 Å². The second-order valence-electron chi connectivity index (χ2n) is 3.70. The third kappa shape index (κ3) is 2.46. The molecule has 0 aliphatic carbocycles. The quantitative estimate of drug-likeness (QED) is 0.680. The summed E-state index contributed by atoms with van der Waals surface area (Å²) in [6.45, 7) is 5.83. The number of hydrogen-bond acceptors (Lipinski definition) is 2. The van der Waals surface area contributed by atoms with E-state index in [1.807, 2.05) is 19.9 Å². The molecule has 13 heavy (non-hydrogen) atoms. The van der Waals surface area contributed by atoms with Crippen molar-refractivity contribution in [3.05, 3.63) is 28.8 Å². The lowest BCUT2D eigenvalue weighted by molar-refractivity contribution is 0.195. The van der Waals surface area contributed by atoms with Gasteiger partial charge < -0.3 is 10.8 Å². The van der Waals surface area contributed by atoms with E-state index in [4.69, 9.17) is 5.73 Å². The van der Waals surface area contributed by atoms with Crippen molar-refractivity contribution in [3.63, 3.8) is 0 Å². The number of anilines is 1. The van der Waals surface area contributed by atoms with Crippen LogP contribution in [0.5, 0.6) is 0 Å². The van der Waals surface area contributed by atoms with Crippen molar-refractivity contribution < 1.29 is 5.11 Å². The van der Waals surface area contributed by atoms with Gasteiger partial charge in [-0.3, -0.25) is 0 Å². The Morgan fingerprint density at radius 1 is 1.38 bits per heavy atom. The van der Waals surface area contributed by atoms with E-state index in [2.05, 4.69) is 6.07 Å². The minimum atomic E-state index is -0.330. The van der Waals surface area contributed by atoms with Gasteiger partial charge in [0, 0.05) is 12.1 Å². The molecule has 2 heteroatoms. The smallest absolute Gasteiger partial charge is 0.0553 e. The van der Waals surface area contributed by atoms with Gasteiger partial charge in [-0.2, -0.15) is 0 Å². The Hall–Kier alpha value is -1.02. The predicted molar refractivity (Wildman–Crippen MR) is 55.7 cm³/mol. The van der Waals surface area contributed by atoms with E-state index >= 15 is 0 Å². The lowest BCUT2D eigenvalue weighted by atomic mass is 9.99. The number of nitrogens with two attached hydrogens (primary N) is 1. The zero-order valence-electron chi connectivity index (χ0n) is 8.46. The summed E-state index contributed by atoms with van der Waals surface area (Å²) in [5.74, 6) is 0. The van der Waals surface area contributed by atoms with Crippen LogP contribution in [0.15, 0.2) is 12.1 Å². The number of hydrogen-bond donors (Lipinski definition) is 2. The number of benzene rings is 1. The highest BCUT2D eigenvalue weighted by Gasteiger charge is 2.06. The zero-order chi connectivity index (χ0) is 10.0. The van der Waals surface area contributed by atoms with Crippen LogP contribution < -0.4 is 5.73 Å². The van der Waals surface area contributed by atoms with Crippen LogP contribution in [0.4, 0.5) is 5.69 Å². The molecule has 0 radical (unpaired) electrons. The van der Waals surface area contributed by atoms with Gasteiger partial charge in [-0.15, -0.1) is 0 Å². The average Bonchev–Trinajstić information content (AvgIpc) is 1.96. The van der Waals surface area contributed by atoms with Crippen LogP contribution in [0.25, 0.3) is 0 Å². The molecule has 2 nitrogen and oxygen atoms in total. The van der Waals surface area contributed by atoms with E-state index < -0.39 is 0 Å². The van der Waals surface area contributed by atoms with Gasteiger partial charge in [-0.1, -0.05) is 6.07 Å². The molecule has 1 aromatic rings. The normalized spacial score (nSPS) is 12.9. The van der Waals surface area contributed by atoms with Gasteiger partial charge in [0.1, 0.15) is 0 Å². The molecule has 0 aromatic heterocycles. The maximum atomic E-state index is 9.27. The Labute approximate surface area is 79.4 Å². The summed E-state index contributed by atoms with van der Waals surface area (Å²) in [7, 11) is 0. The van der Waals surface area contributed by atoms with E-state index in [-0.39, 0.29) is 6.10 Å². The maximum absolute atomic E-state index is 9.27. The molecule has 0 aliphatic heterocycles. The van der Waals surface area contributed by atoms with Gasteiger partial charge in [0.25, 0.3) is 0 Å². The first-order valence-corrected chi connectivity index (χ1v) is 4.54. The molecule has 3 N–H and O–H groups in total. The third-order valence-electron chi connectivity index (χ3n) is 2.15. The number of aliphatic hydroxyl groups is 1. The second-order valence-corrected chi connectivity index (χ2v) is 3.70. The van der Waals surface area contributed by atoms with Crippen LogP contribution in [-0.4, -0.2) is 11.2 Å². The van der Waals surface area contributed by atoms with Crippen LogP contribution in [0.2, 0.25) is 0 Å². The Kier molecular flexibility index (Phi) is 2.94. The highest BCUT2D eigenvalue weighted by atomic mass is 16.3. The first-order valence-electron chi connectivity index (χ1n) is 4.54. The summed E-state index contributed by atoms with van der Waals surface area (Å²) in [5.41, 5.74) is 10.1. The van der Waals surface area contributed by atoms with Crippen molar-refractivity contribution in [3.8, 4) is 0 Å². The maximum Gasteiger partial charge on any atom is 0.0553 e. The standard InChI is InChI=1S/C11H17NO/c1-7-4-8(2)10(6-9(3)13)11(12)5-7/h4-5,9,13H,6,12H2,1-3H3. The lowest BCUT2D eigenvalue weighted by Gasteiger charge is -2.12. The van der Waals surface area contributed by atoms with Crippen LogP contribution >= 0.6 is 0 Å². The van der Waals surface area contributed by atoms with E-state index in [1.165, 1.54) is 11.1 Å². The summed E-state index contributed by atoms with van der Waals surface area (Å²) in [6, 6.07) is 4.04. The molecule has 0 saturated heterocycles. The van der Waals surface area contributed by atoms with Crippen LogP contribution in [0.1, 0.15) is 23.6 Å². The SMILES string of the molecule is Cc1cc(C)c(CC(C)O)c(N)c1. The molecule has 0 heterocycles. The largest absolute Gasteiger partial charge is 0.398 e. The number of nitrogen functional groups attached to an aromatic ring is 1. The lowest BCUT2D eigenvalue weighted by Crippen LogP contribution is -2.08. The highest BCUT2D eigenvalue weighted by molar-refractivity contribution is 5.53. The molecule has 1 unspecified atom stereocenters. The average molecular weight is 179 g/mol. The van der Waals surface area contributed by atoms with Crippen molar-refractivity contribution >= 4 is 5.69 Å². The van der Waals surface area contributed by atoms with Crippen LogP contribution in [0.3, 0.4) is 0 Å². The van der Waals surface area contributed by atoms with Crippen LogP contribution in [-0.2, 0) is 6.42 Å². The van der Waals surface area contributed by atoms with Gasteiger partial charge >= 0.3 is 0 Å². The van der Waals surface area contributed by atoms with Crippen molar-refractivity contribution in [1.82, 2.24) is 0 Å². The summed E-state index contributed by atoms with van der Waals surface area (Å²) in [4.78, 5) is 0. The Balaban J connectivity index is 3.06. The summed E-state index contributed by atoms with van der Waals surface area (Å²) < 4.78 is 0. The minimum Gasteiger partial charge on any atom is -0.398 e. The van der Waals surface area contributed by atoms with E-state index in [0.29, 0.717) is 6.42 Å². The summed E-state index contributed by atoms with van der Waals surface area (Å²) >= 11 is 0. The van der Waals surface area contributed by atoms with Crippen molar-refractivity contribution in [2.75, 3.05) is 5.73 Å². The number of aryl methyl sites for hydroxylation is 2. The van der Waals surface area contributed by atoms with Crippen molar-refractivity contribution in [2.45, 2.75) is 33.3 Å². The summed E-state index contributed by atoms with van der Waals surface area (Å²) in [6.07, 6.45) is 0.307. The zero-order valence-corrected chi connectivity index (χ0v) is 8.46. The fraction of sp³-hybridized carbons (Fsp3) is 0.455. The van der Waals surface area contributed by atoms with Crippen molar-refractivity contribution in [2.24, 2.45) is 0 Å². The first kappa shape index (κ1) is 10.1. The second kappa shape index (κ2) is 3.79. The fourth-order valence-electron chi connectivity index (χ4n) is 1.60. The topological polar surface area (TPSA) is 46.2 Å². The Morgan fingerprint density at radius 2 is 2.00 bits per heavy atom. The molecular formula is C11H17NO. The monoisotopic (exact) mass is 179 g/mol. The fourth-order valence-corrected chi connectivity index (χ4v) is 1.60. The third-order valence-corrected chi connectivity index (χ3v) is 2.15. The van der Waals surface area contributed by atoms with E-state index in [0.717, 1.165) is 11.3 Å². The molecule has 0 fully saturated rings.